The van der Waals surface area contributed by atoms with Crippen molar-refractivity contribution in [2.24, 2.45) is 5.73 Å². The van der Waals surface area contributed by atoms with Gasteiger partial charge in [0.1, 0.15) is 0 Å². The molecule has 3 N–H and O–H groups in total. The van der Waals surface area contributed by atoms with Crippen LogP contribution >= 0.6 is 12.4 Å². The van der Waals surface area contributed by atoms with Crippen LogP contribution in [0.15, 0.2) is 24.3 Å². The van der Waals surface area contributed by atoms with E-state index in [0.717, 1.165) is 33.5 Å². The molecule has 0 aliphatic heterocycles. The summed E-state index contributed by atoms with van der Waals surface area (Å²) in [6, 6.07) is 7.99. The quantitative estimate of drug-likeness (QED) is 0.718. The highest BCUT2D eigenvalue weighted by Gasteiger charge is 2.16. The number of amides is 1. The van der Waals surface area contributed by atoms with Crippen molar-refractivity contribution in [1.29, 1.82) is 0 Å². The van der Waals surface area contributed by atoms with Gasteiger partial charge in [0.25, 0.3) is 0 Å². The average Bonchev–Trinajstić information content (AvgIpc) is 2.91. The van der Waals surface area contributed by atoms with Gasteiger partial charge in [-0.2, -0.15) is 5.10 Å². The molecule has 2 heterocycles. The number of carbonyl (C=O) groups excluding carboxylic acids is 1. The minimum atomic E-state index is -0.406. The Morgan fingerprint density at radius 2 is 1.96 bits per heavy atom. The fourth-order valence-corrected chi connectivity index (χ4v) is 2.99. The van der Waals surface area contributed by atoms with E-state index in [4.69, 9.17) is 10.7 Å². The minimum Gasteiger partial charge on any atom is -0.354 e. The number of rotatable bonds is 5. The molecule has 1 aromatic carbocycles. The van der Waals surface area contributed by atoms with Crippen LogP contribution < -0.4 is 11.1 Å². The van der Waals surface area contributed by atoms with E-state index in [2.05, 4.69) is 10.4 Å². The maximum Gasteiger partial charge on any atom is 0.220 e. The number of benzene rings is 1. The van der Waals surface area contributed by atoms with E-state index < -0.39 is 5.54 Å². The SMILES string of the molecule is Cc1nc2c3ccccc3nn2c(C)c1CCC(=O)NCC(C)(C)N.Cl. The fraction of sp³-hybridized carbons (Fsp3) is 0.421. The molecule has 0 fully saturated rings. The lowest BCUT2D eigenvalue weighted by Gasteiger charge is -2.19. The first kappa shape index (κ1) is 20.1. The van der Waals surface area contributed by atoms with Crippen molar-refractivity contribution in [3.8, 4) is 0 Å². The molecule has 0 saturated carbocycles. The van der Waals surface area contributed by atoms with E-state index in [1.165, 1.54) is 0 Å². The topological polar surface area (TPSA) is 85.3 Å². The zero-order chi connectivity index (χ0) is 18.2. The number of aromatic nitrogens is 3. The predicted molar refractivity (Wildman–Crippen MR) is 107 cm³/mol. The third-order valence-corrected chi connectivity index (χ3v) is 4.36. The van der Waals surface area contributed by atoms with Gasteiger partial charge in [-0.3, -0.25) is 4.79 Å². The molecule has 0 saturated heterocycles. The van der Waals surface area contributed by atoms with Crippen LogP contribution in [0.5, 0.6) is 0 Å². The van der Waals surface area contributed by atoms with E-state index in [0.29, 0.717) is 19.4 Å². The summed E-state index contributed by atoms with van der Waals surface area (Å²) in [5.74, 6) is 0.00282. The summed E-state index contributed by atoms with van der Waals surface area (Å²) in [6.07, 6.45) is 1.04. The summed E-state index contributed by atoms with van der Waals surface area (Å²) in [5.41, 5.74) is 10.3. The normalized spacial score (nSPS) is 11.6. The van der Waals surface area contributed by atoms with Gasteiger partial charge < -0.3 is 11.1 Å². The van der Waals surface area contributed by atoms with Gasteiger partial charge in [0.2, 0.25) is 5.91 Å². The van der Waals surface area contributed by atoms with Crippen LogP contribution in [-0.4, -0.2) is 32.6 Å². The fourth-order valence-electron chi connectivity index (χ4n) is 2.99. The van der Waals surface area contributed by atoms with E-state index in [9.17, 15) is 4.79 Å². The maximum atomic E-state index is 12.1. The molecule has 26 heavy (non-hydrogen) atoms. The molecule has 0 bridgehead atoms. The number of fused-ring (bicyclic) bond motifs is 3. The second-order valence-electron chi connectivity index (χ2n) is 7.28. The number of halogens is 1. The lowest BCUT2D eigenvalue weighted by atomic mass is 10.1. The van der Waals surface area contributed by atoms with Crippen LogP contribution in [0.2, 0.25) is 0 Å². The third kappa shape index (κ3) is 4.14. The Labute approximate surface area is 159 Å². The molecule has 6 nitrogen and oxygen atoms in total. The number of nitrogens with one attached hydrogen (secondary N) is 1. The monoisotopic (exact) mass is 375 g/mol. The summed E-state index contributed by atoms with van der Waals surface area (Å²) < 4.78 is 1.88. The van der Waals surface area contributed by atoms with E-state index in [-0.39, 0.29) is 18.3 Å². The van der Waals surface area contributed by atoms with Crippen molar-refractivity contribution < 1.29 is 4.79 Å². The van der Waals surface area contributed by atoms with Crippen molar-refractivity contribution in [2.45, 2.75) is 46.1 Å². The van der Waals surface area contributed by atoms with Crippen molar-refractivity contribution >= 4 is 34.9 Å². The predicted octanol–water partition coefficient (Wildman–Crippen LogP) is 2.71. The summed E-state index contributed by atoms with van der Waals surface area (Å²) in [7, 11) is 0. The molecule has 0 radical (unpaired) electrons. The number of hydrogen-bond acceptors (Lipinski definition) is 4. The Kier molecular flexibility index (Phi) is 5.88. The molecule has 0 aliphatic carbocycles. The van der Waals surface area contributed by atoms with Gasteiger partial charge in [-0.25, -0.2) is 9.50 Å². The van der Waals surface area contributed by atoms with E-state index in [1.807, 2.05) is 56.5 Å². The van der Waals surface area contributed by atoms with Crippen molar-refractivity contribution in [1.82, 2.24) is 19.9 Å². The molecule has 3 aromatic rings. The summed E-state index contributed by atoms with van der Waals surface area (Å²) in [5, 5.41) is 8.58. The number of hydrogen-bond donors (Lipinski definition) is 2. The number of nitrogens with zero attached hydrogens (tertiary/aromatic N) is 3. The van der Waals surface area contributed by atoms with Crippen LogP contribution in [0.3, 0.4) is 0 Å². The first-order valence-corrected chi connectivity index (χ1v) is 8.55. The summed E-state index contributed by atoms with van der Waals surface area (Å²) >= 11 is 0. The standard InChI is InChI=1S/C19H25N5O.ClH/c1-12-14(9-10-17(25)21-11-19(3,4)20)13(2)24-18(22-12)15-7-5-6-8-16(15)23-24;/h5-8H,9-11,20H2,1-4H3,(H,21,25);1H. The minimum absolute atomic E-state index is 0. The smallest absolute Gasteiger partial charge is 0.220 e. The Hall–Kier alpha value is -2.18. The Balaban J connectivity index is 0.00000243. The van der Waals surface area contributed by atoms with Crippen LogP contribution in [-0.2, 0) is 11.2 Å². The second-order valence-corrected chi connectivity index (χ2v) is 7.28. The van der Waals surface area contributed by atoms with Crippen LogP contribution in [0.1, 0.15) is 37.2 Å². The molecule has 0 aliphatic rings. The Morgan fingerprint density at radius 1 is 1.27 bits per heavy atom. The Bertz CT molecular complexity index is 942. The van der Waals surface area contributed by atoms with Gasteiger partial charge in [0, 0.05) is 35.3 Å². The van der Waals surface area contributed by atoms with Gasteiger partial charge in [-0.1, -0.05) is 12.1 Å². The molecular formula is C19H26ClN5O. The molecule has 0 atom stereocenters. The molecule has 140 valence electrons. The largest absolute Gasteiger partial charge is 0.354 e. The lowest BCUT2D eigenvalue weighted by Crippen LogP contribution is -2.45. The molecular weight excluding hydrogens is 350 g/mol. The summed E-state index contributed by atoms with van der Waals surface area (Å²) in [6.45, 7) is 8.27. The average molecular weight is 376 g/mol. The van der Waals surface area contributed by atoms with E-state index in [1.54, 1.807) is 0 Å². The van der Waals surface area contributed by atoms with Crippen molar-refractivity contribution in [3.63, 3.8) is 0 Å². The van der Waals surface area contributed by atoms with Crippen LogP contribution in [0, 0.1) is 13.8 Å². The number of nitrogens with two attached hydrogens (primary N) is 1. The Morgan fingerprint density at radius 3 is 2.65 bits per heavy atom. The first-order chi connectivity index (χ1) is 11.8. The zero-order valence-corrected chi connectivity index (χ0v) is 16.5. The third-order valence-electron chi connectivity index (χ3n) is 4.36. The second kappa shape index (κ2) is 7.60. The van der Waals surface area contributed by atoms with Gasteiger partial charge in [-0.15, -0.1) is 12.4 Å². The molecule has 2 aromatic heterocycles. The van der Waals surface area contributed by atoms with Gasteiger partial charge in [-0.05, 0) is 51.8 Å². The highest BCUT2D eigenvalue weighted by Crippen LogP contribution is 2.22. The highest BCUT2D eigenvalue weighted by atomic mass is 35.5. The highest BCUT2D eigenvalue weighted by molar-refractivity contribution is 5.92. The number of carbonyl (C=O) groups is 1. The molecule has 0 unspecified atom stereocenters. The van der Waals surface area contributed by atoms with Crippen molar-refractivity contribution in [2.75, 3.05) is 6.54 Å². The van der Waals surface area contributed by atoms with Gasteiger partial charge in [0.05, 0.1) is 5.52 Å². The zero-order valence-electron chi connectivity index (χ0n) is 15.7. The van der Waals surface area contributed by atoms with E-state index >= 15 is 0 Å². The van der Waals surface area contributed by atoms with Gasteiger partial charge in [0.15, 0.2) is 5.65 Å². The molecule has 3 rings (SSSR count). The van der Waals surface area contributed by atoms with Crippen LogP contribution in [0.4, 0.5) is 0 Å². The maximum absolute atomic E-state index is 12.1. The first-order valence-electron chi connectivity index (χ1n) is 8.55. The molecule has 1 amide bonds. The van der Waals surface area contributed by atoms with Gasteiger partial charge >= 0.3 is 0 Å². The van der Waals surface area contributed by atoms with Crippen LogP contribution in [0.25, 0.3) is 16.6 Å². The van der Waals surface area contributed by atoms with Crippen molar-refractivity contribution in [3.05, 3.63) is 41.2 Å². The molecule has 7 heteroatoms. The lowest BCUT2D eigenvalue weighted by molar-refractivity contribution is -0.121. The summed E-state index contributed by atoms with van der Waals surface area (Å²) in [4.78, 5) is 16.8. The number of aryl methyl sites for hydroxylation is 2. The molecule has 0 spiro atoms.